The molecule has 2 aromatic rings. The van der Waals surface area contributed by atoms with Crippen molar-refractivity contribution in [2.24, 2.45) is 0 Å². The van der Waals surface area contributed by atoms with E-state index in [0.717, 1.165) is 0 Å². The Hall–Kier alpha value is -1.53. The van der Waals surface area contributed by atoms with Gasteiger partial charge >= 0.3 is 0 Å². The first kappa shape index (κ1) is 11.9. The Bertz CT molecular complexity index is 555. The van der Waals surface area contributed by atoms with Crippen LogP contribution in [0.3, 0.4) is 0 Å². The van der Waals surface area contributed by atoms with Crippen molar-refractivity contribution in [1.29, 1.82) is 0 Å². The smallest absolute Gasteiger partial charge is 0.186 e. The Labute approximate surface area is 102 Å². The molecule has 0 bridgehead atoms. The molecule has 0 radical (unpaired) electrons. The molecule has 2 rings (SSSR count). The summed E-state index contributed by atoms with van der Waals surface area (Å²) in [5, 5.41) is 17.0. The average Bonchev–Trinajstić information content (AvgIpc) is 2.64. The van der Waals surface area contributed by atoms with E-state index in [1.54, 1.807) is 13.8 Å². The minimum Gasteiger partial charge on any atom is -0.387 e. The lowest BCUT2D eigenvalue weighted by atomic mass is 10.2. The van der Waals surface area contributed by atoms with Gasteiger partial charge in [-0.15, -0.1) is 5.10 Å². The van der Waals surface area contributed by atoms with Crippen LogP contribution in [0.25, 0.3) is 5.69 Å². The third-order valence-corrected chi connectivity index (χ3v) is 2.60. The molecule has 1 atom stereocenters. The lowest BCUT2D eigenvalue weighted by Gasteiger charge is -2.10. The molecule has 2 aromatic heterocycles. The first-order valence-corrected chi connectivity index (χ1v) is 5.30. The lowest BCUT2D eigenvalue weighted by Crippen LogP contribution is -2.08. The number of pyridine rings is 1. The molecular formula is C10H10ClFN4O. The highest BCUT2D eigenvalue weighted by Gasteiger charge is 2.19. The van der Waals surface area contributed by atoms with Crippen LogP contribution in [-0.2, 0) is 0 Å². The number of aromatic nitrogens is 4. The zero-order valence-corrected chi connectivity index (χ0v) is 9.98. The second kappa shape index (κ2) is 4.38. The van der Waals surface area contributed by atoms with Gasteiger partial charge in [-0.3, -0.25) is 0 Å². The van der Waals surface area contributed by atoms with Gasteiger partial charge < -0.3 is 5.11 Å². The second-order valence-corrected chi connectivity index (χ2v) is 3.94. The van der Waals surface area contributed by atoms with Gasteiger partial charge in [-0.1, -0.05) is 16.8 Å². The summed E-state index contributed by atoms with van der Waals surface area (Å²) in [5.41, 5.74) is 1.07. The number of aliphatic hydroxyl groups excluding tert-OH is 1. The Morgan fingerprint density at radius 2 is 2.24 bits per heavy atom. The normalized spacial score (nSPS) is 12.8. The molecule has 0 aliphatic heterocycles. The zero-order valence-electron chi connectivity index (χ0n) is 9.22. The van der Waals surface area contributed by atoms with Crippen LogP contribution in [0.2, 0.25) is 5.15 Å². The van der Waals surface area contributed by atoms with Crippen molar-refractivity contribution in [3.8, 4) is 5.69 Å². The highest BCUT2D eigenvalue weighted by atomic mass is 35.5. The number of hydrogen-bond acceptors (Lipinski definition) is 4. The summed E-state index contributed by atoms with van der Waals surface area (Å²) in [5.74, 6) is -0.694. The number of aryl methyl sites for hydroxylation is 1. The fourth-order valence-corrected chi connectivity index (χ4v) is 1.75. The molecule has 2 heterocycles. The van der Waals surface area contributed by atoms with E-state index < -0.39 is 11.9 Å². The number of halogens is 2. The van der Waals surface area contributed by atoms with E-state index in [1.807, 2.05) is 0 Å². The van der Waals surface area contributed by atoms with Crippen LogP contribution < -0.4 is 0 Å². The maximum Gasteiger partial charge on any atom is 0.186 e. The van der Waals surface area contributed by atoms with Gasteiger partial charge in [-0.25, -0.2) is 14.1 Å². The highest BCUT2D eigenvalue weighted by Crippen LogP contribution is 2.23. The third kappa shape index (κ3) is 2.01. The largest absolute Gasteiger partial charge is 0.387 e. The molecule has 0 aromatic carbocycles. The molecule has 5 nitrogen and oxygen atoms in total. The summed E-state index contributed by atoms with van der Waals surface area (Å²) < 4.78 is 15.0. The van der Waals surface area contributed by atoms with Crippen molar-refractivity contribution < 1.29 is 9.50 Å². The van der Waals surface area contributed by atoms with Crippen LogP contribution in [0.5, 0.6) is 0 Å². The van der Waals surface area contributed by atoms with Crippen molar-refractivity contribution in [2.45, 2.75) is 20.0 Å². The first-order chi connectivity index (χ1) is 8.02. The van der Waals surface area contributed by atoms with Crippen LogP contribution in [0.15, 0.2) is 12.3 Å². The summed E-state index contributed by atoms with van der Waals surface area (Å²) in [4.78, 5) is 3.61. The first-order valence-electron chi connectivity index (χ1n) is 4.93. The zero-order chi connectivity index (χ0) is 12.6. The van der Waals surface area contributed by atoms with Gasteiger partial charge in [-0.2, -0.15) is 0 Å². The minimum atomic E-state index is -0.809. The van der Waals surface area contributed by atoms with Crippen LogP contribution in [0.1, 0.15) is 24.4 Å². The SMILES string of the molecule is Cc1nnn(-c2ccnc(Cl)c2F)c1C(C)O. The van der Waals surface area contributed by atoms with E-state index in [2.05, 4.69) is 15.3 Å². The highest BCUT2D eigenvalue weighted by molar-refractivity contribution is 6.29. The van der Waals surface area contributed by atoms with Crippen LogP contribution >= 0.6 is 11.6 Å². The predicted molar refractivity (Wildman–Crippen MR) is 59.5 cm³/mol. The van der Waals surface area contributed by atoms with Crippen LogP contribution in [-0.4, -0.2) is 25.1 Å². The van der Waals surface area contributed by atoms with Gasteiger partial charge in [0.1, 0.15) is 5.69 Å². The average molecular weight is 257 g/mol. The number of hydrogen-bond donors (Lipinski definition) is 1. The molecule has 0 spiro atoms. The molecule has 0 amide bonds. The number of rotatable bonds is 2. The van der Waals surface area contributed by atoms with Gasteiger partial charge in [0, 0.05) is 6.20 Å². The minimum absolute atomic E-state index is 0.113. The number of nitrogens with zero attached hydrogens (tertiary/aromatic N) is 4. The standard InChI is InChI=1S/C10H10ClFN4O/c1-5-9(6(2)17)16(15-14-5)7-3-4-13-10(11)8(7)12/h3-4,6,17H,1-2H3. The van der Waals surface area contributed by atoms with E-state index in [1.165, 1.54) is 16.9 Å². The fraction of sp³-hybridized carbons (Fsp3) is 0.300. The summed E-state index contributed by atoms with van der Waals surface area (Å²) in [6.45, 7) is 3.25. The summed E-state index contributed by atoms with van der Waals surface area (Å²) in [7, 11) is 0. The summed E-state index contributed by atoms with van der Waals surface area (Å²) >= 11 is 5.59. The maximum absolute atomic E-state index is 13.8. The molecule has 0 aliphatic carbocycles. The Kier molecular flexibility index (Phi) is 3.08. The molecule has 1 N–H and O–H groups in total. The summed E-state index contributed by atoms with van der Waals surface area (Å²) in [6, 6.07) is 1.42. The van der Waals surface area contributed by atoms with Crippen molar-refractivity contribution in [2.75, 3.05) is 0 Å². The monoisotopic (exact) mass is 256 g/mol. The van der Waals surface area contributed by atoms with E-state index in [9.17, 15) is 9.50 Å². The molecule has 17 heavy (non-hydrogen) atoms. The molecule has 0 saturated heterocycles. The molecular weight excluding hydrogens is 247 g/mol. The van der Waals surface area contributed by atoms with Crippen molar-refractivity contribution in [1.82, 2.24) is 20.0 Å². The van der Waals surface area contributed by atoms with Crippen LogP contribution in [0, 0.1) is 12.7 Å². The van der Waals surface area contributed by atoms with Crippen molar-refractivity contribution >= 4 is 11.6 Å². The van der Waals surface area contributed by atoms with Gasteiger partial charge in [0.25, 0.3) is 0 Å². The molecule has 90 valence electrons. The fourth-order valence-electron chi connectivity index (χ4n) is 1.59. The van der Waals surface area contributed by atoms with E-state index in [-0.39, 0.29) is 10.8 Å². The second-order valence-electron chi connectivity index (χ2n) is 3.58. The lowest BCUT2D eigenvalue weighted by molar-refractivity contribution is 0.190. The Morgan fingerprint density at radius 1 is 1.53 bits per heavy atom. The third-order valence-electron chi connectivity index (χ3n) is 2.33. The molecule has 1 unspecified atom stereocenters. The maximum atomic E-state index is 13.8. The van der Waals surface area contributed by atoms with E-state index in [4.69, 9.17) is 11.6 Å². The van der Waals surface area contributed by atoms with Crippen molar-refractivity contribution in [3.63, 3.8) is 0 Å². The molecule has 0 aliphatic rings. The van der Waals surface area contributed by atoms with Gasteiger partial charge in [0.15, 0.2) is 11.0 Å². The van der Waals surface area contributed by atoms with Gasteiger partial charge in [0.05, 0.1) is 17.5 Å². The topological polar surface area (TPSA) is 63.8 Å². The van der Waals surface area contributed by atoms with E-state index in [0.29, 0.717) is 11.4 Å². The molecule has 0 fully saturated rings. The van der Waals surface area contributed by atoms with Gasteiger partial charge in [0.2, 0.25) is 0 Å². The summed E-state index contributed by atoms with van der Waals surface area (Å²) in [6.07, 6.45) is 0.556. The van der Waals surface area contributed by atoms with Crippen LogP contribution in [0.4, 0.5) is 4.39 Å². The number of aliphatic hydroxyl groups is 1. The molecule has 7 heteroatoms. The Morgan fingerprint density at radius 3 is 2.88 bits per heavy atom. The predicted octanol–water partition coefficient (Wildman–Crippen LogP) is 1.82. The molecule has 0 saturated carbocycles. The van der Waals surface area contributed by atoms with E-state index >= 15 is 0 Å². The van der Waals surface area contributed by atoms with Crippen molar-refractivity contribution in [3.05, 3.63) is 34.6 Å². The Balaban J connectivity index is 2.65. The van der Waals surface area contributed by atoms with Gasteiger partial charge in [-0.05, 0) is 19.9 Å². The quantitative estimate of drug-likeness (QED) is 0.833.